The number of carbonyl (C=O) groups is 1. The van der Waals surface area contributed by atoms with E-state index in [9.17, 15) is 13.2 Å². The van der Waals surface area contributed by atoms with Crippen LogP contribution in [-0.2, 0) is 10.0 Å². The highest BCUT2D eigenvalue weighted by Gasteiger charge is 2.22. The van der Waals surface area contributed by atoms with Crippen molar-refractivity contribution in [2.45, 2.75) is 11.8 Å². The third-order valence-corrected chi connectivity index (χ3v) is 6.62. The zero-order chi connectivity index (χ0) is 21.9. The Kier molecular flexibility index (Phi) is 5.90. The van der Waals surface area contributed by atoms with Crippen molar-refractivity contribution >= 4 is 27.3 Å². The second kappa shape index (κ2) is 8.39. The van der Waals surface area contributed by atoms with Crippen molar-refractivity contribution in [3.63, 3.8) is 0 Å². The van der Waals surface area contributed by atoms with Gasteiger partial charge in [0.15, 0.2) is 0 Å². The number of hydrogen-bond acceptors (Lipinski definition) is 4. The predicted molar refractivity (Wildman–Crippen MR) is 117 cm³/mol. The lowest BCUT2D eigenvalue weighted by molar-refractivity contribution is 0.0993. The standard InChI is InChI=1S/C23H21N3O3S/c1-17-7-13-22(14-8-17)30(28,29)26(3)20-11-9-19(10-12-20)23(27)25(2)21-6-4-5-18(15-21)16-24/h4-15H,1-3H3. The fourth-order valence-corrected chi connectivity index (χ4v) is 4.11. The zero-order valence-corrected chi connectivity index (χ0v) is 17.7. The first-order valence-corrected chi connectivity index (χ1v) is 10.6. The van der Waals surface area contributed by atoms with Gasteiger partial charge in [-0.05, 0) is 61.5 Å². The highest BCUT2D eigenvalue weighted by Crippen LogP contribution is 2.24. The predicted octanol–water partition coefficient (Wildman–Crippen LogP) is 3.97. The average Bonchev–Trinajstić information content (AvgIpc) is 2.78. The number of nitrogens with zero attached hydrogens (tertiary/aromatic N) is 3. The number of benzene rings is 3. The van der Waals surface area contributed by atoms with Gasteiger partial charge in [0.1, 0.15) is 0 Å². The molecule has 0 bridgehead atoms. The van der Waals surface area contributed by atoms with Crippen molar-refractivity contribution in [1.82, 2.24) is 0 Å². The molecule has 0 unspecified atom stereocenters. The summed E-state index contributed by atoms with van der Waals surface area (Å²) in [6.45, 7) is 1.89. The number of hydrogen-bond donors (Lipinski definition) is 0. The molecular formula is C23H21N3O3S. The summed E-state index contributed by atoms with van der Waals surface area (Å²) in [5.41, 5.74) is 2.89. The van der Waals surface area contributed by atoms with Crippen LogP contribution in [0.3, 0.4) is 0 Å². The highest BCUT2D eigenvalue weighted by molar-refractivity contribution is 7.92. The van der Waals surface area contributed by atoms with E-state index in [1.165, 1.54) is 16.3 Å². The summed E-state index contributed by atoms with van der Waals surface area (Å²) >= 11 is 0. The maximum Gasteiger partial charge on any atom is 0.264 e. The summed E-state index contributed by atoms with van der Waals surface area (Å²) in [5, 5.41) is 9.04. The average molecular weight is 420 g/mol. The fourth-order valence-electron chi connectivity index (χ4n) is 2.92. The van der Waals surface area contributed by atoms with Gasteiger partial charge in [-0.3, -0.25) is 9.10 Å². The van der Waals surface area contributed by atoms with E-state index < -0.39 is 10.0 Å². The van der Waals surface area contributed by atoms with Gasteiger partial charge in [0.05, 0.1) is 22.2 Å². The molecule has 152 valence electrons. The first kappa shape index (κ1) is 21.1. The Morgan fingerprint density at radius 3 is 2.13 bits per heavy atom. The molecule has 6 nitrogen and oxygen atoms in total. The van der Waals surface area contributed by atoms with Gasteiger partial charge in [0, 0.05) is 25.3 Å². The zero-order valence-electron chi connectivity index (χ0n) is 16.9. The number of aryl methyl sites for hydroxylation is 1. The Hall–Kier alpha value is -3.63. The molecule has 0 atom stereocenters. The van der Waals surface area contributed by atoms with Crippen LogP contribution >= 0.6 is 0 Å². The van der Waals surface area contributed by atoms with Gasteiger partial charge >= 0.3 is 0 Å². The van der Waals surface area contributed by atoms with Crippen LogP contribution in [0.2, 0.25) is 0 Å². The minimum atomic E-state index is -3.70. The second-order valence-corrected chi connectivity index (χ2v) is 8.83. The molecule has 0 radical (unpaired) electrons. The van der Waals surface area contributed by atoms with Crippen molar-refractivity contribution in [2.75, 3.05) is 23.3 Å². The molecule has 0 saturated heterocycles. The largest absolute Gasteiger partial charge is 0.311 e. The molecule has 7 heteroatoms. The van der Waals surface area contributed by atoms with Crippen LogP contribution in [0.1, 0.15) is 21.5 Å². The Bertz CT molecular complexity index is 1210. The van der Waals surface area contributed by atoms with Crippen LogP contribution in [0.25, 0.3) is 0 Å². The van der Waals surface area contributed by atoms with Crippen LogP contribution in [0.15, 0.2) is 77.7 Å². The molecule has 0 heterocycles. The Balaban J connectivity index is 1.82. The lowest BCUT2D eigenvalue weighted by atomic mass is 10.1. The van der Waals surface area contributed by atoms with Gasteiger partial charge < -0.3 is 4.90 Å². The molecule has 30 heavy (non-hydrogen) atoms. The molecule has 0 aliphatic rings. The van der Waals surface area contributed by atoms with Crippen molar-refractivity contribution in [3.05, 3.63) is 89.5 Å². The molecule has 0 aliphatic carbocycles. The number of nitriles is 1. The van der Waals surface area contributed by atoms with Crippen LogP contribution in [-0.4, -0.2) is 28.4 Å². The summed E-state index contributed by atoms with van der Waals surface area (Å²) in [6, 6.07) is 21.8. The minimum Gasteiger partial charge on any atom is -0.311 e. The van der Waals surface area contributed by atoms with E-state index >= 15 is 0 Å². The van der Waals surface area contributed by atoms with Crippen LogP contribution < -0.4 is 9.21 Å². The normalized spacial score (nSPS) is 10.9. The van der Waals surface area contributed by atoms with Crippen LogP contribution in [0.5, 0.6) is 0 Å². The maximum absolute atomic E-state index is 12.8. The van der Waals surface area contributed by atoms with E-state index in [0.29, 0.717) is 22.5 Å². The van der Waals surface area contributed by atoms with Crippen molar-refractivity contribution < 1.29 is 13.2 Å². The summed E-state index contributed by atoms with van der Waals surface area (Å²) in [4.78, 5) is 14.4. The SMILES string of the molecule is Cc1ccc(S(=O)(=O)N(C)c2ccc(C(=O)N(C)c3cccc(C#N)c3)cc2)cc1. The first-order valence-electron chi connectivity index (χ1n) is 9.18. The van der Waals surface area contributed by atoms with E-state index in [1.807, 2.05) is 6.92 Å². The van der Waals surface area contributed by atoms with Crippen molar-refractivity contribution in [3.8, 4) is 6.07 Å². The van der Waals surface area contributed by atoms with Gasteiger partial charge in [-0.15, -0.1) is 0 Å². The fraction of sp³-hybridized carbons (Fsp3) is 0.130. The van der Waals surface area contributed by atoms with Gasteiger partial charge in [-0.25, -0.2) is 8.42 Å². The third-order valence-electron chi connectivity index (χ3n) is 4.82. The molecule has 0 saturated carbocycles. The number of amides is 1. The molecule has 3 rings (SSSR count). The number of rotatable bonds is 5. The van der Waals surface area contributed by atoms with Gasteiger partial charge in [-0.1, -0.05) is 23.8 Å². The van der Waals surface area contributed by atoms with Crippen molar-refractivity contribution in [1.29, 1.82) is 5.26 Å². The monoisotopic (exact) mass is 419 g/mol. The summed E-state index contributed by atoms with van der Waals surface area (Å²) in [6.07, 6.45) is 0. The summed E-state index contributed by atoms with van der Waals surface area (Å²) in [7, 11) is -0.598. The van der Waals surface area contributed by atoms with E-state index in [4.69, 9.17) is 5.26 Å². The molecule has 0 spiro atoms. The Morgan fingerprint density at radius 1 is 0.900 bits per heavy atom. The van der Waals surface area contributed by atoms with Crippen molar-refractivity contribution in [2.24, 2.45) is 0 Å². The second-order valence-electron chi connectivity index (χ2n) is 6.86. The van der Waals surface area contributed by atoms with Crippen LogP contribution in [0.4, 0.5) is 11.4 Å². The quantitative estimate of drug-likeness (QED) is 0.627. The molecule has 0 N–H and O–H groups in total. The number of sulfonamides is 1. The van der Waals surface area contributed by atoms with E-state index in [-0.39, 0.29) is 10.8 Å². The Labute approximate surface area is 176 Å². The first-order chi connectivity index (χ1) is 14.2. The molecule has 3 aromatic carbocycles. The van der Waals surface area contributed by atoms with Gasteiger partial charge in [0.2, 0.25) is 0 Å². The highest BCUT2D eigenvalue weighted by atomic mass is 32.2. The van der Waals surface area contributed by atoms with E-state index in [2.05, 4.69) is 6.07 Å². The van der Waals surface area contributed by atoms with E-state index in [0.717, 1.165) is 5.56 Å². The molecule has 0 aliphatic heterocycles. The lowest BCUT2D eigenvalue weighted by Crippen LogP contribution is -2.27. The Morgan fingerprint density at radius 2 is 1.53 bits per heavy atom. The third kappa shape index (κ3) is 4.19. The number of carbonyl (C=O) groups excluding carboxylic acids is 1. The molecule has 3 aromatic rings. The smallest absolute Gasteiger partial charge is 0.264 e. The van der Waals surface area contributed by atoms with Gasteiger partial charge in [-0.2, -0.15) is 5.26 Å². The molecular weight excluding hydrogens is 398 g/mol. The summed E-state index contributed by atoms with van der Waals surface area (Å²) in [5.74, 6) is -0.263. The minimum absolute atomic E-state index is 0.202. The van der Waals surface area contributed by atoms with E-state index in [1.54, 1.807) is 79.8 Å². The lowest BCUT2D eigenvalue weighted by Gasteiger charge is -2.21. The molecule has 0 fully saturated rings. The van der Waals surface area contributed by atoms with Crippen LogP contribution in [0, 0.1) is 18.3 Å². The maximum atomic E-state index is 12.8. The number of anilines is 2. The molecule has 1 amide bonds. The topological polar surface area (TPSA) is 81.5 Å². The van der Waals surface area contributed by atoms with Gasteiger partial charge in [0.25, 0.3) is 15.9 Å². The summed E-state index contributed by atoms with van der Waals surface area (Å²) < 4.78 is 26.9. The molecule has 0 aromatic heterocycles.